The molecule has 0 spiro atoms. The molecule has 0 N–H and O–H groups in total. The minimum absolute atomic E-state index is 1.23. The van der Waals surface area contributed by atoms with E-state index < -0.39 is 0 Å². The van der Waals surface area contributed by atoms with Crippen LogP contribution in [0.25, 0.3) is 98.0 Å². The van der Waals surface area contributed by atoms with Crippen molar-refractivity contribution in [2.24, 2.45) is 0 Å². The van der Waals surface area contributed by atoms with E-state index in [4.69, 9.17) is 0 Å². The van der Waals surface area contributed by atoms with E-state index in [9.17, 15) is 0 Å². The lowest BCUT2D eigenvalue weighted by molar-refractivity contribution is 1.65. The van der Waals surface area contributed by atoms with Crippen molar-refractivity contribution in [3.8, 4) is 33.4 Å². The number of benzene rings is 10. The van der Waals surface area contributed by atoms with Crippen molar-refractivity contribution in [2.75, 3.05) is 0 Å². The zero-order chi connectivity index (χ0) is 31.6. The van der Waals surface area contributed by atoms with Gasteiger partial charge in [0.25, 0.3) is 0 Å². The lowest BCUT2D eigenvalue weighted by Gasteiger charge is -2.14. The summed E-state index contributed by atoms with van der Waals surface area (Å²) in [4.78, 5) is 0. The first kappa shape index (κ1) is 26.9. The van der Waals surface area contributed by atoms with Gasteiger partial charge in [0.15, 0.2) is 0 Å². The lowest BCUT2D eigenvalue weighted by atomic mass is 9.89. The molecule has 0 radical (unpaired) electrons. The number of fused-ring (bicyclic) bond motifs is 8. The minimum atomic E-state index is 1.23. The Kier molecular flexibility index (Phi) is 5.98. The molecule has 0 atom stereocenters. The van der Waals surface area contributed by atoms with Crippen LogP contribution >= 0.6 is 0 Å². The van der Waals surface area contributed by atoms with Gasteiger partial charge in [0.1, 0.15) is 0 Å². The number of hydrogen-bond acceptors (Lipinski definition) is 0. The van der Waals surface area contributed by atoms with E-state index in [1.165, 1.54) is 98.0 Å². The SMILES string of the molecule is c1cc(-c2ccc3ccc4ccccc4c3c2)c2ccc(-c3ccc4c(-c5cc6ccccc6c6ccccc56)cccc4c3)cc2c1. The van der Waals surface area contributed by atoms with E-state index in [-0.39, 0.29) is 0 Å². The highest BCUT2D eigenvalue weighted by atomic mass is 14.2. The molecule has 0 aliphatic heterocycles. The molecule has 0 saturated carbocycles. The summed E-state index contributed by atoms with van der Waals surface area (Å²) >= 11 is 0. The molecule has 48 heavy (non-hydrogen) atoms. The third-order valence-electron chi connectivity index (χ3n) is 10.2. The molecule has 0 nitrogen and oxygen atoms in total. The maximum absolute atomic E-state index is 2.36. The van der Waals surface area contributed by atoms with Gasteiger partial charge in [-0.05, 0) is 122 Å². The largest absolute Gasteiger partial charge is 0.0616 e. The van der Waals surface area contributed by atoms with E-state index >= 15 is 0 Å². The summed E-state index contributed by atoms with van der Waals surface area (Å²) in [7, 11) is 0. The van der Waals surface area contributed by atoms with E-state index in [1.54, 1.807) is 0 Å². The Morgan fingerprint density at radius 2 is 0.667 bits per heavy atom. The molecular formula is C48H30. The molecule has 0 heteroatoms. The molecule has 0 fully saturated rings. The molecular weight excluding hydrogens is 577 g/mol. The highest BCUT2D eigenvalue weighted by molar-refractivity contribution is 6.16. The first-order valence-electron chi connectivity index (χ1n) is 16.7. The summed E-state index contributed by atoms with van der Waals surface area (Å²) in [5.74, 6) is 0. The van der Waals surface area contributed by atoms with Crippen molar-refractivity contribution in [2.45, 2.75) is 0 Å². The van der Waals surface area contributed by atoms with E-state index in [2.05, 4.69) is 182 Å². The fraction of sp³-hybridized carbons (Fsp3) is 0. The van der Waals surface area contributed by atoms with Gasteiger partial charge in [-0.1, -0.05) is 158 Å². The number of rotatable bonds is 3. The third-order valence-corrected chi connectivity index (χ3v) is 10.2. The minimum Gasteiger partial charge on any atom is -0.0616 e. The molecule has 10 aromatic rings. The smallest absolute Gasteiger partial charge is 0.00928 e. The van der Waals surface area contributed by atoms with Gasteiger partial charge >= 0.3 is 0 Å². The van der Waals surface area contributed by atoms with Crippen LogP contribution in [0.3, 0.4) is 0 Å². The second-order valence-electron chi connectivity index (χ2n) is 12.9. The molecule has 0 saturated heterocycles. The molecule has 0 bridgehead atoms. The first-order valence-corrected chi connectivity index (χ1v) is 16.7. The molecule has 222 valence electrons. The highest BCUT2D eigenvalue weighted by Gasteiger charge is 2.13. The molecule has 0 heterocycles. The summed E-state index contributed by atoms with van der Waals surface area (Å²) in [6.45, 7) is 0. The van der Waals surface area contributed by atoms with Crippen molar-refractivity contribution >= 4 is 64.6 Å². The van der Waals surface area contributed by atoms with Gasteiger partial charge in [-0.2, -0.15) is 0 Å². The van der Waals surface area contributed by atoms with Crippen molar-refractivity contribution in [3.63, 3.8) is 0 Å². The zero-order valence-electron chi connectivity index (χ0n) is 26.3. The van der Waals surface area contributed by atoms with Crippen LogP contribution in [0.4, 0.5) is 0 Å². The topological polar surface area (TPSA) is 0 Å². The predicted octanol–water partition coefficient (Wildman–Crippen LogP) is 13.6. The average molecular weight is 607 g/mol. The maximum atomic E-state index is 2.36. The molecule has 0 aliphatic rings. The van der Waals surface area contributed by atoms with Gasteiger partial charge in [0.05, 0.1) is 0 Å². The lowest BCUT2D eigenvalue weighted by Crippen LogP contribution is -1.87. The molecule has 0 aromatic heterocycles. The quantitative estimate of drug-likeness (QED) is 0.176. The fourth-order valence-electron chi connectivity index (χ4n) is 7.86. The fourth-order valence-corrected chi connectivity index (χ4v) is 7.86. The van der Waals surface area contributed by atoms with E-state index in [0.717, 1.165) is 0 Å². The Morgan fingerprint density at radius 3 is 1.40 bits per heavy atom. The van der Waals surface area contributed by atoms with Crippen molar-refractivity contribution in [1.82, 2.24) is 0 Å². The Hall–Kier alpha value is -6.24. The molecule has 0 aliphatic carbocycles. The van der Waals surface area contributed by atoms with Crippen LogP contribution < -0.4 is 0 Å². The first-order chi connectivity index (χ1) is 23.8. The van der Waals surface area contributed by atoms with Gasteiger partial charge in [-0.15, -0.1) is 0 Å². The van der Waals surface area contributed by atoms with Gasteiger partial charge in [0, 0.05) is 0 Å². The normalized spacial score (nSPS) is 11.8. The summed E-state index contributed by atoms with van der Waals surface area (Å²) in [6, 6.07) is 67.1. The van der Waals surface area contributed by atoms with E-state index in [1.807, 2.05) is 0 Å². The van der Waals surface area contributed by atoms with Crippen LogP contribution in [0.1, 0.15) is 0 Å². The Balaban J connectivity index is 1.08. The van der Waals surface area contributed by atoms with E-state index in [0.29, 0.717) is 0 Å². The van der Waals surface area contributed by atoms with Gasteiger partial charge in [0.2, 0.25) is 0 Å². The summed E-state index contributed by atoms with van der Waals surface area (Å²) in [6.07, 6.45) is 0. The standard InChI is InChI=1S/C48H30/c1-3-13-39-31(9-1)19-20-32-21-22-38(29-47(32)39)40-17-7-11-35-27-33(23-25-42(35)40)34-24-26-43-36(28-34)12-8-18-45(43)48-30-37-10-2-4-14-41(37)44-15-5-6-16-46(44)48/h1-30H. The molecule has 0 amide bonds. The highest BCUT2D eigenvalue weighted by Crippen LogP contribution is 2.40. The third kappa shape index (κ3) is 4.24. The predicted molar refractivity (Wildman–Crippen MR) is 208 cm³/mol. The molecule has 0 unspecified atom stereocenters. The number of hydrogen-bond donors (Lipinski definition) is 0. The summed E-state index contributed by atoms with van der Waals surface area (Å²) in [5.41, 5.74) is 7.52. The van der Waals surface area contributed by atoms with Crippen LogP contribution in [0.15, 0.2) is 182 Å². The van der Waals surface area contributed by atoms with Crippen molar-refractivity contribution in [1.29, 1.82) is 0 Å². The summed E-state index contributed by atoms with van der Waals surface area (Å²) < 4.78 is 0. The zero-order valence-corrected chi connectivity index (χ0v) is 26.3. The van der Waals surface area contributed by atoms with Crippen LogP contribution in [0.5, 0.6) is 0 Å². The van der Waals surface area contributed by atoms with Gasteiger partial charge < -0.3 is 0 Å². The van der Waals surface area contributed by atoms with Gasteiger partial charge in [-0.25, -0.2) is 0 Å². The van der Waals surface area contributed by atoms with Crippen molar-refractivity contribution in [3.05, 3.63) is 182 Å². The Morgan fingerprint density at radius 1 is 0.188 bits per heavy atom. The maximum Gasteiger partial charge on any atom is -0.00928 e. The Labute approximate surface area is 279 Å². The summed E-state index contributed by atoms with van der Waals surface area (Å²) in [5, 5.41) is 15.3. The average Bonchev–Trinajstić information content (AvgIpc) is 3.16. The monoisotopic (exact) mass is 606 g/mol. The van der Waals surface area contributed by atoms with Crippen LogP contribution in [-0.4, -0.2) is 0 Å². The molecule has 10 aromatic carbocycles. The second kappa shape index (κ2) is 10.7. The van der Waals surface area contributed by atoms with Crippen LogP contribution in [0.2, 0.25) is 0 Å². The van der Waals surface area contributed by atoms with Crippen molar-refractivity contribution < 1.29 is 0 Å². The van der Waals surface area contributed by atoms with Gasteiger partial charge in [-0.3, -0.25) is 0 Å². The Bertz CT molecular complexity index is 2890. The van der Waals surface area contributed by atoms with Crippen LogP contribution in [0, 0.1) is 0 Å². The second-order valence-corrected chi connectivity index (χ2v) is 12.9. The molecule has 10 rings (SSSR count). The van der Waals surface area contributed by atoms with Crippen LogP contribution in [-0.2, 0) is 0 Å².